The Morgan fingerprint density at radius 3 is 2.83 bits per heavy atom. The molecule has 1 atom stereocenters. The summed E-state index contributed by atoms with van der Waals surface area (Å²) in [5.74, 6) is 0. The fourth-order valence-corrected chi connectivity index (χ4v) is 1.52. The zero-order valence-electron chi connectivity index (χ0n) is 6.30. The summed E-state index contributed by atoms with van der Waals surface area (Å²) in [7, 11) is 0. The number of aliphatic hydroxyl groups excluding tert-OH is 1. The summed E-state index contributed by atoms with van der Waals surface area (Å²) in [5.41, 5.74) is 5.96. The normalized spacial score (nSPS) is 13.0. The van der Waals surface area contributed by atoms with Gasteiger partial charge in [-0.1, -0.05) is 27.5 Å². The highest BCUT2D eigenvalue weighted by Crippen LogP contribution is 2.25. The summed E-state index contributed by atoms with van der Waals surface area (Å²) in [6.45, 7) is 0.177. The van der Waals surface area contributed by atoms with E-state index in [0.717, 1.165) is 4.47 Å². The largest absolute Gasteiger partial charge is 0.387 e. The van der Waals surface area contributed by atoms with Crippen molar-refractivity contribution in [1.29, 1.82) is 0 Å². The molecule has 0 spiro atoms. The number of rotatable bonds is 2. The van der Waals surface area contributed by atoms with Crippen molar-refractivity contribution in [3.63, 3.8) is 0 Å². The van der Waals surface area contributed by atoms with Crippen LogP contribution in [0.2, 0.25) is 5.02 Å². The van der Waals surface area contributed by atoms with E-state index in [2.05, 4.69) is 15.9 Å². The van der Waals surface area contributed by atoms with E-state index in [4.69, 9.17) is 17.3 Å². The summed E-state index contributed by atoms with van der Waals surface area (Å²) in [6, 6.07) is 5.30. The molecule has 12 heavy (non-hydrogen) atoms. The van der Waals surface area contributed by atoms with Crippen LogP contribution in [0, 0.1) is 0 Å². The molecule has 4 heteroatoms. The monoisotopic (exact) mass is 249 g/mol. The first-order valence-electron chi connectivity index (χ1n) is 3.48. The molecule has 0 aliphatic carbocycles. The first-order chi connectivity index (χ1) is 5.65. The van der Waals surface area contributed by atoms with Crippen LogP contribution in [0.15, 0.2) is 22.7 Å². The summed E-state index contributed by atoms with van der Waals surface area (Å²) in [5, 5.41) is 9.94. The van der Waals surface area contributed by atoms with Crippen molar-refractivity contribution in [2.75, 3.05) is 6.54 Å². The molecule has 1 aromatic carbocycles. The van der Waals surface area contributed by atoms with Gasteiger partial charge >= 0.3 is 0 Å². The average molecular weight is 251 g/mol. The van der Waals surface area contributed by atoms with E-state index >= 15 is 0 Å². The third-order valence-corrected chi connectivity index (χ3v) is 2.38. The molecule has 0 unspecified atom stereocenters. The van der Waals surface area contributed by atoms with Gasteiger partial charge in [-0.25, -0.2) is 0 Å². The number of hydrogen-bond donors (Lipinski definition) is 2. The highest BCUT2D eigenvalue weighted by Gasteiger charge is 2.09. The molecule has 0 aromatic heterocycles. The van der Waals surface area contributed by atoms with Gasteiger partial charge in [0, 0.05) is 21.6 Å². The molecule has 0 aliphatic rings. The van der Waals surface area contributed by atoms with Gasteiger partial charge in [0.25, 0.3) is 0 Å². The highest BCUT2D eigenvalue weighted by molar-refractivity contribution is 9.10. The maximum absolute atomic E-state index is 9.40. The summed E-state index contributed by atoms with van der Waals surface area (Å²) >= 11 is 9.12. The topological polar surface area (TPSA) is 46.2 Å². The first-order valence-corrected chi connectivity index (χ1v) is 4.65. The minimum Gasteiger partial charge on any atom is -0.387 e. The van der Waals surface area contributed by atoms with Gasteiger partial charge in [0.1, 0.15) is 0 Å². The Morgan fingerprint density at radius 2 is 2.25 bits per heavy atom. The van der Waals surface area contributed by atoms with Crippen molar-refractivity contribution in [1.82, 2.24) is 0 Å². The Balaban J connectivity index is 3.04. The Bertz CT molecular complexity index is 280. The maximum atomic E-state index is 9.40. The summed E-state index contributed by atoms with van der Waals surface area (Å²) in [6.07, 6.45) is -0.685. The fourth-order valence-electron chi connectivity index (χ4n) is 0.897. The molecule has 0 bridgehead atoms. The zero-order chi connectivity index (χ0) is 9.14. The van der Waals surface area contributed by atoms with Crippen LogP contribution in [-0.4, -0.2) is 11.7 Å². The minimum atomic E-state index is -0.685. The molecule has 0 saturated carbocycles. The highest BCUT2D eigenvalue weighted by atomic mass is 79.9. The van der Waals surface area contributed by atoms with Crippen molar-refractivity contribution in [2.45, 2.75) is 6.10 Å². The van der Waals surface area contributed by atoms with Crippen LogP contribution in [0.4, 0.5) is 0 Å². The van der Waals surface area contributed by atoms with Crippen molar-refractivity contribution < 1.29 is 5.11 Å². The Kier molecular flexibility index (Phi) is 3.53. The minimum absolute atomic E-state index is 0.177. The second-order valence-corrected chi connectivity index (χ2v) is 3.74. The second kappa shape index (κ2) is 4.23. The van der Waals surface area contributed by atoms with Crippen molar-refractivity contribution in [3.8, 4) is 0 Å². The molecule has 0 aliphatic heterocycles. The zero-order valence-corrected chi connectivity index (χ0v) is 8.64. The molecule has 66 valence electrons. The van der Waals surface area contributed by atoms with Crippen molar-refractivity contribution in [2.24, 2.45) is 5.73 Å². The molecule has 1 rings (SSSR count). The summed E-state index contributed by atoms with van der Waals surface area (Å²) < 4.78 is 0.884. The Hall–Kier alpha value is -0.0900. The SMILES string of the molecule is NC[C@@H](O)c1cc(Br)ccc1Cl. The van der Waals surface area contributed by atoms with Gasteiger partial charge in [0.05, 0.1) is 6.10 Å². The van der Waals surface area contributed by atoms with Crippen LogP contribution in [-0.2, 0) is 0 Å². The van der Waals surface area contributed by atoms with Crippen LogP contribution in [0.5, 0.6) is 0 Å². The Morgan fingerprint density at radius 1 is 1.58 bits per heavy atom. The van der Waals surface area contributed by atoms with E-state index in [0.29, 0.717) is 10.6 Å². The van der Waals surface area contributed by atoms with Gasteiger partial charge in [-0.3, -0.25) is 0 Å². The number of nitrogens with two attached hydrogens (primary N) is 1. The molecule has 1 aromatic rings. The van der Waals surface area contributed by atoms with Gasteiger partial charge in [0.2, 0.25) is 0 Å². The number of hydrogen-bond acceptors (Lipinski definition) is 2. The van der Waals surface area contributed by atoms with Gasteiger partial charge in [0.15, 0.2) is 0 Å². The maximum Gasteiger partial charge on any atom is 0.0926 e. The molecule has 0 fully saturated rings. The van der Waals surface area contributed by atoms with E-state index in [-0.39, 0.29) is 6.54 Å². The molecule has 0 amide bonds. The lowest BCUT2D eigenvalue weighted by Crippen LogP contribution is -2.11. The second-order valence-electron chi connectivity index (χ2n) is 2.42. The van der Waals surface area contributed by atoms with Gasteiger partial charge in [-0.05, 0) is 18.2 Å². The lowest BCUT2D eigenvalue weighted by molar-refractivity contribution is 0.187. The molecule has 2 nitrogen and oxygen atoms in total. The molecular weight excluding hydrogens is 241 g/mol. The van der Waals surface area contributed by atoms with E-state index in [9.17, 15) is 5.11 Å². The Labute approximate surface area is 84.5 Å². The van der Waals surface area contributed by atoms with E-state index < -0.39 is 6.10 Å². The van der Waals surface area contributed by atoms with Gasteiger partial charge in [-0.15, -0.1) is 0 Å². The van der Waals surface area contributed by atoms with Crippen LogP contribution in [0.1, 0.15) is 11.7 Å². The fraction of sp³-hybridized carbons (Fsp3) is 0.250. The number of benzene rings is 1. The predicted molar refractivity (Wildman–Crippen MR) is 53.2 cm³/mol. The van der Waals surface area contributed by atoms with Crippen LogP contribution in [0.25, 0.3) is 0 Å². The third-order valence-electron chi connectivity index (χ3n) is 1.54. The summed E-state index contributed by atoms with van der Waals surface area (Å²) in [4.78, 5) is 0. The third kappa shape index (κ3) is 2.20. The van der Waals surface area contributed by atoms with Crippen LogP contribution >= 0.6 is 27.5 Å². The van der Waals surface area contributed by atoms with Crippen LogP contribution in [0.3, 0.4) is 0 Å². The quantitative estimate of drug-likeness (QED) is 0.844. The van der Waals surface area contributed by atoms with E-state index in [1.807, 2.05) is 6.07 Å². The lowest BCUT2D eigenvalue weighted by Gasteiger charge is -2.09. The molecule has 0 heterocycles. The van der Waals surface area contributed by atoms with E-state index in [1.165, 1.54) is 0 Å². The smallest absolute Gasteiger partial charge is 0.0926 e. The van der Waals surface area contributed by atoms with Crippen molar-refractivity contribution >= 4 is 27.5 Å². The number of halogens is 2. The lowest BCUT2D eigenvalue weighted by atomic mass is 10.1. The number of aliphatic hydroxyl groups is 1. The first kappa shape index (κ1) is 9.99. The van der Waals surface area contributed by atoms with Crippen molar-refractivity contribution in [3.05, 3.63) is 33.3 Å². The molecule has 0 radical (unpaired) electrons. The van der Waals surface area contributed by atoms with Gasteiger partial charge < -0.3 is 10.8 Å². The average Bonchev–Trinajstić information content (AvgIpc) is 2.08. The molecular formula is C8H9BrClNO. The molecule has 0 saturated heterocycles. The molecule has 3 N–H and O–H groups in total. The standard InChI is InChI=1S/C8H9BrClNO/c9-5-1-2-7(10)6(3-5)8(12)4-11/h1-3,8,12H,4,11H2/t8-/m1/s1. The predicted octanol–water partition coefficient (Wildman–Crippen LogP) is 2.09. The van der Waals surface area contributed by atoms with E-state index in [1.54, 1.807) is 12.1 Å². The van der Waals surface area contributed by atoms with Gasteiger partial charge in [-0.2, -0.15) is 0 Å². The van der Waals surface area contributed by atoms with Crippen LogP contribution < -0.4 is 5.73 Å².